The highest BCUT2D eigenvalue weighted by molar-refractivity contribution is 6.12. The molecule has 1 aliphatic heterocycles. The molecule has 0 radical (unpaired) electrons. The summed E-state index contributed by atoms with van der Waals surface area (Å²) in [7, 11) is 0. The summed E-state index contributed by atoms with van der Waals surface area (Å²) in [5, 5.41) is 12.8. The minimum absolute atomic E-state index is 0.107. The molecule has 1 saturated heterocycles. The molecule has 0 aromatic heterocycles. The number of amides is 3. The van der Waals surface area contributed by atoms with Crippen molar-refractivity contribution < 1.29 is 24.2 Å². The number of rotatable bonds is 4. The predicted molar refractivity (Wildman–Crippen MR) is 142 cm³/mol. The van der Waals surface area contributed by atoms with Crippen LogP contribution in [0.25, 0.3) is 11.1 Å². The van der Waals surface area contributed by atoms with Crippen LogP contribution in [0.2, 0.25) is 0 Å². The van der Waals surface area contributed by atoms with Crippen molar-refractivity contribution in [2.45, 2.75) is 26.4 Å². The van der Waals surface area contributed by atoms with Gasteiger partial charge < -0.3 is 25.0 Å². The molecule has 1 heterocycles. The van der Waals surface area contributed by atoms with Gasteiger partial charge in [-0.3, -0.25) is 9.59 Å². The fraction of sp³-hybridized carbons (Fsp3) is 0.276. The molecule has 3 aromatic rings. The Bertz CT molecular complexity index is 1290. The molecular formula is C29H31N3O5. The summed E-state index contributed by atoms with van der Waals surface area (Å²) in [5.74, 6) is -0.593. The average Bonchev–Trinajstić information content (AvgIpc) is 2.87. The highest BCUT2D eigenvalue weighted by Gasteiger charge is 2.30. The maximum atomic E-state index is 13.6. The SMILES string of the molecule is CC(C)(C)OC(=O)N1CCN(C(=O)c2ccc(-c3cccc(O)c3)cc2C(=O)Nc2ccccc2)CC1. The fourth-order valence-electron chi connectivity index (χ4n) is 4.09. The van der Waals surface area contributed by atoms with E-state index in [9.17, 15) is 19.5 Å². The van der Waals surface area contributed by atoms with Crippen LogP contribution in [-0.2, 0) is 4.74 Å². The van der Waals surface area contributed by atoms with Gasteiger partial charge in [0.15, 0.2) is 0 Å². The summed E-state index contributed by atoms with van der Waals surface area (Å²) >= 11 is 0. The molecule has 0 aliphatic carbocycles. The van der Waals surface area contributed by atoms with Gasteiger partial charge in [-0.2, -0.15) is 0 Å². The van der Waals surface area contributed by atoms with Gasteiger partial charge in [0.2, 0.25) is 0 Å². The van der Waals surface area contributed by atoms with Crippen LogP contribution in [0.1, 0.15) is 41.5 Å². The molecule has 0 atom stereocenters. The summed E-state index contributed by atoms with van der Waals surface area (Å²) in [6.07, 6.45) is -0.405. The van der Waals surface area contributed by atoms with E-state index in [4.69, 9.17) is 4.74 Å². The Kier molecular flexibility index (Phi) is 7.47. The Hall–Kier alpha value is -4.33. The number of nitrogens with one attached hydrogen (secondary N) is 1. The molecule has 1 aliphatic rings. The van der Waals surface area contributed by atoms with Crippen molar-refractivity contribution in [3.63, 3.8) is 0 Å². The van der Waals surface area contributed by atoms with Crippen LogP contribution in [0.4, 0.5) is 10.5 Å². The minimum Gasteiger partial charge on any atom is -0.508 e. The minimum atomic E-state index is -0.595. The van der Waals surface area contributed by atoms with Gasteiger partial charge in [0.1, 0.15) is 11.4 Å². The maximum absolute atomic E-state index is 13.6. The number of benzene rings is 3. The number of carbonyl (C=O) groups is 3. The van der Waals surface area contributed by atoms with Crippen LogP contribution in [0, 0.1) is 0 Å². The number of para-hydroxylation sites is 1. The highest BCUT2D eigenvalue weighted by Crippen LogP contribution is 2.27. The van der Waals surface area contributed by atoms with Gasteiger partial charge in [0.25, 0.3) is 11.8 Å². The van der Waals surface area contributed by atoms with E-state index < -0.39 is 17.6 Å². The summed E-state index contributed by atoms with van der Waals surface area (Å²) in [5.41, 5.74) is 1.92. The van der Waals surface area contributed by atoms with Crippen LogP contribution >= 0.6 is 0 Å². The molecule has 2 N–H and O–H groups in total. The molecular weight excluding hydrogens is 470 g/mol. The van der Waals surface area contributed by atoms with Crippen LogP contribution in [0.5, 0.6) is 5.75 Å². The number of piperazine rings is 1. The van der Waals surface area contributed by atoms with Crippen LogP contribution in [-0.4, -0.2) is 64.6 Å². The Morgan fingerprint density at radius 3 is 2.08 bits per heavy atom. The molecule has 37 heavy (non-hydrogen) atoms. The molecule has 8 heteroatoms. The second-order valence-corrected chi connectivity index (χ2v) is 9.89. The van der Waals surface area contributed by atoms with Crippen LogP contribution < -0.4 is 5.32 Å². The number of carbonyl (C=O) groups excluding carboxylic acids is 3. The number of ether oxygens (including phenoxy) is 1. The Labute approximate surface area is 216 Å². The second-order valence-electron chi connectivity index (χ2n) is 9.89. The monoisotopic (exact) mass is 501 g/mol. The number of nitrogens with zero attached hydrogens (tertiary/aromatic N) is 2. The smallest absolute Gasteiger partial charge is 0.410 e. The van der Waals surface area contributed by atoms with E-state index in [1.165, 1.54) is 0 Å². The molecule has 0 saturated carbocycles. The maximum Gasteiger partial charge on any atom is 0.410 e. The molecule has 4 rings (SSSR count). The second kappa shape index (κ2) is 10.7. The van der Waals surface area contributed by atoms with Crippen molar-refractivity contribution in [3.05, 3.63) is 83.9 Å². The van der Waals surface area contributed by atoms with Gasteiger partial charge in [0.05, 0.1) is 11.1 Å². The zero-order valence-electron chi connectivity index (χ0n) is 21.2. The number of phenols is 1. The van der Waals surface area contributed by atoms with E-state index >= 15 is 0 Å². The summed E-state index contributed by atoms with van der Waals surface area (Å²) in [6.45, 7) is 6.77. The normalized spacial score (nSPS) is 13.7. The summed E-state index contributed by atoms with van der Waals surface area (Å²) in [6, 6.07) is 20.8. The molecule has 8 nitrogen and oxygen atoms in total. The third-order valence-electron chi connectivity index (χ3n) is 5.92. The molecule has 3 aromatic carbocycles. The highest BCUT2D eigenvalue weighted by atomic mass is 16.6. The van der Waals surface area contributed by atoms with E-state index in [2.05, 4.69) is 5.32 Å². The Morgan fingerprint density at radius 1 is 0.784 bits per heavy atom. The fourth-order valence-corrected chi connectivity index (χ4v) is 4.09. The first-order valence-electron chi connectivity index (χ1n) is 12.2. The Balaban J connectivity index is 1.58. The van der Waals surface area contributed by atoms with E-state index in [1.54, 1.807) is 58.3 Å². The lowest BCUT2D eigenvalue weighted by molar-refractivity contribution is 0.0141. The zero-order valence-corrected chi connectivity index (χ0v) is 21.2. The van der Waals surface area contributed by atoms with E-state index in [0.717, 1.165) is 5.56 Å². The molecule has 0 unspecified atom stereocenters. The topological polar surface area (TPSA) is 99.2 Å². The van der Waals surface area contributed by atoms with Gasteiger partial charge in [0, 0.05) is 31.9 Å². The number of hydrogen-bond donors (Lipinski definition) is 2. The molecule has 0 bridgehead atoms. The number of aromatic hydroxyl groups is 1. The number of phenolic OH excluding ortho intramolecular Hbond substituents is 1. The average molecular weight is 502 g/mol. The third-order valence-corrected chi connectivity index (χ3v) is 5.92. The largest absolute Gasteiger partial charge is 0.508 e. The van der Waals surface area contributed by atoms with Crippen molar-refractivity contribution in [2.75, 3.05) is 31.5 Å². The van der Waals surface area contributed by atoms with Crippen LogP contribution in [0.15, 0.2) is 72.8 Å². The van der Waals surface area contributed by atoms with Crippen molar-refractivity contribution >= 4 is 23.6 Å². The van der Waals surface area contributed by atoms with Crippen molar-refractivity contribution in [2.24, 2.45) is 0 Å². The molecule has 3 amide bonds. The molecule has 1 fully saturated rings. The number of anilines is 1. The number of hydrogen-bond acceptors (Lipinski definition) is 5. The van der Waals surface area contributed by atoms with E-state index in [-0.39, 0.29) is 22.8 Å². The lowest BCUT2D eigenvalue weighted by Gasteiger charge is -2.35. The molecule has 192 valence electrons. The van der Waals surface area contributed by atoms with Crippen molar-refractivity contribution in [1.82, 2.24) is 9.80 Å². The third kappa shape index (κ3) is 6.46. The predicted octanol–water partition coefficient (Wildman–Crippen LogP) is 5.00. The van der Waals surface area contributed by atoms with Crippen molar-refractivity contribution in [3.8, 4) is 16.9 Å². The van der Waals surface area contributed by atoms with Gasteiger partial charge >= 0.3 is 6.09 Å². The van der Waals surface area contributed by atoms with Crippen LogP contribution in [0.3, 0.4) is 0 Å². The Morgan fingerprint density at radius 2 is 1.43 bits per heavy atom. The first-order chi connectivity index (χ1) is 17.6. The van der Waals surface area contributed by atoms with E-state index in [1.807, 2.05) is 45.0 Å². The quantitative estimate of drug-likeness (QED) is 0.524. The lowest BCUT2D eigenvalue weighted by Crippen LogP contribution is -2.51. The first-order valence-corrected chi connectivity index (χ1v) is 12.2. The lowest BCUT2D eigenvalue weighted by atomic mass is 9.97. The van der Waals surface area contributed by atoms with Gasteiger partial charge in [-0.1, -0.05) is 36.4 Å². The van der Waals surface area contributed by atoms with Gasteiger partial charge in [-0.05, 0) is 68.3 Å². The van der Waals surface area contributed by atoms with E-state index in [0.29, 0.717) is 37.4 Å². The van der Waals surface area contributed by atoms with Crippen molar-refractivity contribution in [1.29, 1.82) is 0 Å². The first kappa shape index (κ1) is 25.8. The zero-order chi connectivity index (χ0) is 26.6. The summed E-state index contributed by atoms with van der Waals surface area (Å²) < 4.78 is 5.44. The van der Waals surface area contributed by atoms with Gasteiger partial charge in [-0.25, -0.2) is 4.79 Å². The molecule has 0 spiro atoms. The standard InChI is InChI=1S/C29H31N3O5/c1-29(2,3)37-28(36)32-16-14-31(15-17-32)27(35)24-13-12-21(20-8-7-11-23(33)18-20)19-25(24)26(34)30-22-9-5-4-6-10-22/h4-13,18-19,33H,14-17H2,1-3H3,(H,30,34). The summed E-state index contributed by atoms with van der Waals surface area (Å²) in [4.78, 5) is 42.5. The van der Waals surface area contributed by atoms with Gasteiger partial charge in [-0.15, -0.1) is 0 Å².